The summed E-state index contributed by atoms with van der Waals surface area (Å²) in [7, 11) is 1.41. The molecule has 0 radical (unpaired) electrons. The summed E-state index contributed by atoms with van der Waals surface area (Å²) < 4.78 is 29.7. The molecule has 0 fully saturated rings. The highest BCUT2D eigenvalue weighted by atomic mass is 28.4. The lowest BCUT2D eigenvalue weighted by Crippen LogP contribution is -2.41. The quantitative estimate of drug-likeness (QED) is 0.107. The van der Waals surface area contributed by atoms with Gasteiger partial charge in [-0.25, -0.2) is 0 Å². The summed E-state index contributed by atoms with van der Waals surface area (Å²) in [6.07, 6.45) is 1.53. The molecule has 0 aliphatic rings. The van der Waals surface area contributed by atoms with Gasteiger partial charge in [0.2, 0.25) is 0 Å². The van der Waals surface area contributed by atoms with Gasteiger partial charge in [0.15, 0.2) is 14.1 Å². The largest absolute Gasteiger partial charge is 0.497 e. The van der Waals surface area contributed by atoms with E-state index in [-0.39, 0.29) is 36.0 Å². The Balaban J connectivity index is 1.74. The van der Waals surface area contributed by atoms with Gasteiger partial charge in [0.05, 0.1) is 45.3 Å². The maximum Gasteiger partial charge on any atom is 0.191 e. The Morgan fingerprint density at radius 3 is 2.16 bits per heavy atom. The molecule has 240 valence electrons. The molecule has 0 spiro atoms. The molecule has 7 nitrogen and oxygen atoms in total. The Labute approximate surface area is 265 Å². The molecule has 0 bridgehead atoms. The number of ketones is 1. The molecule has 0 aromatic heterocycles. The number of carbonyl (C=O) groups is 1. The van der Waals surface area contributed by atoms with Gasteiger partial charge in [-0.05, 0) is 66.4 Å². The number of methoxy groups -OCH3 is 2. The predicted octanol–water partition coefficient (Wildman–Crippen LogP) is 8.05. The molecule has 0 saturated carbocycles. The van der Waals surface area contributed by atoms with E-state index in [0.29, 0.717) is 25.6 Å². The number of para-hydroxylation sites is 2. The minimum Gasteiger partial charge on any atom is -0.497 e. The maximum absolute atomic E-state index is 13.3. The molecule has 3 rings (SSSR count). The van der Waals surface area contributed by atoms with Crippen LogP contribution in [0.25, 0.3) is 0 Å². The van der Waals surface area contributed by atoms with Crippen LogP contribution in [0.5, 0.6) is 11.5 Å². The third kappa shape index (κ3) is 11.4. The molecule has 1 N–H and O–H groups in total. The van der Waals surface area contributed by atoms with Crippen molar-refractivity contribution in [3.8, 4) is 11.5 Å². The molecule has 2 atom stereocenters. The Hall–Kier alpha value is -3.17. The van der Waals surface area contributed by atoms with Gasteiger partial charge >= 0.3 is 0 Å². The average Bonchev–Trinajstić information content (AvgIpc) is 3.01. The Bertz CT molecular complexity index is 1260. The Morgan fingerprint density at radius 2 is 1.50 bits per heavy atom. The van der Waals surface area contributed by atoms with Crippen molar-refractivity contribution in [2.24, 2.45) is 0 Å². The van der Waals surface area contributed by atoms with Crippen molar-refractivity contribution < 1.29 is 28.2 Å². The SMILES string of the molecule is COc1ccc(COCC(=O)CC(Nc2ccccc2OC)[C@@H](CCCO[Si](C)(C)C(C)(C)C)OCc2ccccc2)cc1. The second-order valence-electron chi connectivity index (χ2n) is 12.6. The number of Topliss-reactive ketones (excluding diaryl/α,β-unsaturated/α-hetero) is 1. The average molecular weight is 622 g/mol. The van der Waals surface area contributed by atoms with Crippen molar-refractivity contribution in [3.63, 3.8) is 0 Å². The molecular formula is C36H51NO6Si. The van der Waals surface area contributed by atoms with Crippen LogP contribution < -0.4 is 14.8 Å². The lowest BCUT2D eigenvalue weighted by molar-refractivity contribution is -0.125. The fourth-order valence-corrected chi connectivity index (χ4v) is 5.64. The number of anilines is 1. The van der Waals surface area contributed by atoms with Gasteiger partial charge in [-0.2, -0.15) is 0 Å². The molecule has 0 heterocycles. The molecule has 8 heteroatoms. The van der Waals surface area contributed by atoms with E-state index in [4.69, 9.17) is 23.4 Å². The van der Waals surface area contributed by atoms with Crippen LogP contribution in [0.3, 0.4) is 0 Å². The zero-order chi connectivity index (χ0) is 32.0. The van der Waals surface area contributed by atoms with Crippen LogP contribution in [0.15, 0.2) is 78.9 Å². The normalized spacial score (nSPS) is 13.2. The van der Waals surface area contributed by atoms with Crippen LogP contribution in [-0.2, 0) is 31.9 Å². The zero-order valence-electron chi connectivity index (χ0n) is 27.6. The first-order valence-corrected chi connectivity index (χ1v) is 18.3. The number of benzene rings is 3. The first kappa shape index (κ1) is 35.3. The van der Waals surface area contributed by atoms with Crippen molar-refractivity contribution in [2.75, 3.05) is 32.8 Å². The van der Waals surface area contributed by atoms with Crippen LogP contribution in [0, 0.1) is 0 Å². The second kappa shape index (κ2) is 17.3. The van der Waals surface area contributed by atoms with Gasteiger partial charge in [-0.3, -0.25) is 4.79 Å². The van der Waals surface area contributed by atoms with E-state index in [1.807, 2.05) is 66.7 Å². The lowest BCUT2D eigenvalue weighted by atomic mass is 9.99. The van der Waals surface area contributed by atoms with Crippen molar-refractivity contribution in [1.29, 1.82) is 0 Å². The Morgan fingerprint density at radius 1 is 0.841 bits per heavy atom. The lowest BCUT2D eigenvalue weighted by Gasteiger charge is -2.36. The molecule has 44 heavy (non-hydrogen) atoms. The highest BCUT2D eigenvalue weighted by Crippen LogP contribution is 2.36. The highest BCUT2D eigenvalue weighted by molar-refractivity contribution is 6.74. The summed E-state index contributed by atoms with van der Waals surface area (Å²) in [4.78, 5) is 13.3. The summed E-state index contributed by atoms with van der Waals surface area (Å²) in [5, 5.41) is 3.74. The van der Waals surface area contributed by atoms with E-state index in [9.17, 15) is 4.79 Å². The fourth-order valence-electron chi connectivity index (χ4n) is 4.55. The standard InChI is InChI=1S/C36H51NO6Si/c1-36(2,3)44(6,7)43-23-13-18-35(42-26-28-14-9-8-10-15-28)33(37-32-16-11-12-17-34(32)40-5)24-30(38)27-41-25-29-19-21-31(39-4)22-20-29/h8-12,14-17,19-22,33,35,37H,13,18,23-27H2,1-7H3/t33?,35-/m1/s1. The third-order valence-corrected chi connectivity index (χ3v) is 12.8. The molecule has 0 saturated heterocycles. The summed E-state index contributed by atoms with van der Waals surface area (Å²) in [5.74, 6) is 1.49. The van der Waals surface area contributed by atoms with E-state index in [0.717, 1.165) is 35.4 Å². The number of hydrogen-bond donors (Lipinski definition) is 1. The zero-order valence-corrected chi connectivity index (χ0v) is 28.6. The van der Waals surface area contributed by atoms with Gasteiger partial charge in [-0.1, -0.05) is 75.4 Å². The number of hydrogen-bond acceptors (Lipinski definition) is 7. The number of rotatable bonds is 19. The van der Waals surface area contributed by atoms with Crippen molar-refractivity contribution in [1.82, 2.24) is 0 Å². The number of carbonyl (C=O) groups excluding carboxylic acids is 1. The van der Waals surface area contributed by atoms with E-state index < -0.39 is 8.32 Å². The highest BCUT2D eigenvalue weighted by Gasteiger charge is 2.37. The fraction of sp³-hybridized carbons (Fsp3) is 0.472. The summed E-state index contributed by atoms with van der Waals surface area (Å²) >= 11 is 0. The van der Waals surface area contributed by atoms with Crippen molar-refractivity contribution in [3.05, 3.63) is 90.0 Å². The smallest absolute Gasteiger partial charge is 0.191 e. The van der Waals surface area contributed by atoms with E-state index in [1.54, 1.807) is 14.2 Å². The molecule has 0 aliphatic heterocycles. The van der Waals surface area contributed by atoms with Gasteiger partial charge < -0.3 is 28.7 Å². The van der Waals surface area contributed by atoms with E-state index >= 15 is 0 Å². The molecule has 1 unspecified atom stereocenters. The second-order valence-corrected chi connectivity index (χ2v) is 17.4. The molecule has 3 aromatic carbocycles. The van der Waals surface area contributed by atoms with Crippen LogP contribution in [0.2, 0.25) is 18.1 Å². The van der Waals surface area contributed by atoms with E-state index in [1.165, 1.54) is 0 Å². The van der Waals surface area contributed by atoms with Gasteiger partial charge in [0.1, 0.15) is 18.1 Å². The van der Waals surface area contributed by atoms with E-state index in [2.05, 4.69) is 51.3 Å². The van der Waals surface area contributed by atoms with Crippen molar-refractivity contribution in [2.45, 2.75) is 83.5 Å². The maximum atomic E-state index is 13.3. The minimum atomic E-state index is -1.87. The topological polar surface area (TPSA) is 75.3 Å². The number of ether oxygens (including phenoxy) is 4. The minimum absolute atomic E-state index is 0.00301. The van der Waals surface area contributed by atoms with Gasteiger partial charge in [0, 0.05) is 13.0 Å². The Kier molecular flexibility index (Phi) is 13.9. The van der Waals surface area contributed by atoms with Crippen LogP contribution in [-0.4, -0.2) is 53.7 Å². The van der Waals surface area contributed by atoms with Crippen LogP contribution >= 0.6 is 0 Å². The van der Waals surface area contributed by atoms with Gasteiger partial charge in [-0.15, -0.1) is 0 Å². The van der Waals surface area contributed by atoms with Crippen LogP contribution in [0.4, 0.5) is 5.69 Å². The monoisotopic (exact) mass is 621 g/mol. The first-order valence-electron chi connectivity index (χ1n) is 15.4. The molecular weight excluding hydrogens is 570 g/mol. The summed E-state index contributed by atoms with van der Waals surface area (Å²) in [6.45, 7) is 12.7. The molecule has 3 aromatic rings. The van der Waals surface area contributed by atoms with Crippen molar-refractivity contribution >= 4 is 19.8 Å². The van der Waals surface area contributed by atoms with Gasteiger partial charge in [0.25, 0.3) is 0 Å². The molecule has 0 aliphatic carbocycles. The number of nitrogens with one attached hydrogen (secondary N) is 1. The third-order valence-electron chi connectivity index (χ3n) is 8.24. The first-order chi connectivity index (χ1) is 21.0. The summed E-state index contributed by atoms with van der Waals surface area (Å²) in [6, 6.07) is 25.2. The van der Waals surface area contributed by atoms with Crippen LogP contribution in [0.1, 0.15) is 51.2 Å². The predicted molar refractivity (Wildman–Crippen MR) is 180 cm³/mol. The summed E-state index contributed by atoms with van der Waals surface area (Å²) in [5.41, 5.74) is 2.88. The molecule has 0 amide bonds.